The lowest BCUT2D eigenvalue weighted by molar-refractivity contribution is -0.120. The summed E-state index contributed by atoms with van der Waals surface area (Å²) in [5.74, 6) is 0.179. The van der Waals surface area contributed by atoms with Crippen molar-refractivity contribution in [3.63, 3.8) is 0 Å². The Bertz CT molecular complexity index is 886. The molecular formula is C21H19N3O. The molecule has 0 aliphatic carbocycles. The van der Waals surface area contributed by atoms with Crippen molar-refractivity contribution < 1.29 is 4.79 Å². The number of carbonyl (C=O) groups excluding carboxylic acids is 1. The van der Waals surface area contributed by atoms with Crippen LogP contribution in [0.2, 0.25) is 0 Å². The average Bonchev–Trinajstić information content (AvgIpc) is 3.36. The Labute approximate surface area is 146 Å². The lowest BCUT2D eigenvalue weighted by Gasteiger charge is -2.24. The highest BCUT2D eigenvalue weighted by Crippen LogP contribution is 2.40. The van der Waals surface area contributed by atoms with Gasteiger partial charge in [0, 0.05) is 30.6 Å². The molecule has 5 rings (SSSR count). The lowest BCUT2D eigenvalue weighted by Crippen LogP contribution is -2.45. The second kappa shape index (κ2) is 5.31. The molecule has 3 heterocycles. The zero-order valence-electron chi connectivity index (χ0n) is 13.9. The first-order chi connectivity index (χ1) is 12.3. The van der Waals surface area contributed by atoms with Crippen molar-refractivity contribution in [2.75, 3.05) is 23.3 Å². The van der Waals surface area contributed by atoms with Crippen molar-refractivity contribution in [1.82, 2.24) is 0 Å². The van der Waals surface area contributed by atoms with Gasteiger partial charge in [-0.3, -0.25) is 9.79 Å². The number of fused-ring (bicyclic) bond motifs is 1. The predicted molar refractivity (Wildman–Crippen MR) is 101 cm³/mol. The number of allylic oxidation sites excluding steroid dienone is 1. The Balaban J connectivity index is 1.40. The zero-order valence-corrected chi connectivity index (χ0v) is 13.9. The van der Waals surface area contributed by atoms with Gasteiger partial charge < -0.3 is 10.2 Å². The first kappa shape index (κ1) is 14.5. The second-order valence-corrected chi connectivity index (χ2v) is 6.95. The van der Waals surface area contributed by atoms with Crippen molar-refractivity contribution in [1.29, 1.82) is 0 Å². The van der Waals surface area contributed by atoms with Crippen LogP contribution >= 0.6 is 0 Å². The van der Waals surface area contributed by atoms with Crippen molar-refractivity contribution in [3.8, 4) is 0 Å². The van der Waals surface area contributed by atoms with E-state index in [1.165, 1.54) is 5.56 Å². The molecule has 0 aromatic heterocycles. The molecule has 124 valence electrons. The highest BCUT2D eigenvalue weighted by molar-refractivity contribution is 6.11. The molecule has 1 atom stereocenters. The molecule has 1 saturated heterocycles. The van der Waals surface area contributed by atoms with E-state index in [-0.39, 0.29) is 5.91 Å². The van der Waals surface area contributed by atoms with Gasteiger partial charge in [-0.15, -0.1) is 0 Å². The van der Waals surface area contributed by atoms with Crippen LogP contribution in [0, 0.1) is 0 Å². The number of hydrogen-bond acceptors (Lipinski definition) is 3. The van der Waals surface area contributed by atoms with Crippen molar-refractivity contribution in [2.24, 2.45) is 4.99 Å². The molecule has 1 N–H and O–H groups in total. The van der Waals surface area contributed by atoms with Crippen LogP contribution in [0.4, 0.5) is 11.4 Å². The molecule has 3 aliphatic heterocycles. The predicted octanol–water partition coefficient (Wildman–Crippen LogP) is 3.30. The van der Waals surface area contributed by atoms with Gasteiger partial charge in [-0.25, -0.2) is 0 Å². The van der Waals surface area contributed by atoms with Crippen LogP contribution < -0.4 is 10.2 Å². The number of aliphatic imine (C=N–C) groups is 1. The summed E-state index contributed by atoms with van der Waals surface area (Å²) in [6, 6.07) is 16.5. The van der Waals surface area contributed by atoms with Gasteiger partial charge in [0.25, 0.3) is 5.91 Å². The maximum absolute atomic E-state index is 13.2. The molecular weight excluding hydrogens is 310 g/mol. The maximum atomic E-state index is 13.2. The summed E-state index contributed by atoms with van der Waals surface area (Å²) in [4.78, 5) is 19.3. The van der Waals surface area contributed by atoms with E-state index in [2.05, 4.69) is 40.7 Å². The van der Waals surface area contributed by atoms with E-state index in [1.54, 1.807) is 0 Å². The van der Waals surface area contributed by atoms with Gasteiger partial charge in [0.15, 0.2) is 0 Å². The quantitative estimate of drug-likeness (QED) is 0.919. The molecule has 1 unspecified atom stereocenters. The summed E-state index contributed by atoms with van der Waals surface area (Å²) >= 11 is 0. The molecule has 4 heteroatoms. The molecule has 0 saturated carbocycles. The van der Waals surface area contributed by atoms with Gasteiger partial charge in [-0.2, -0.15) is 0 Å². The van der Waals surface area contributed by atoms with E-state index < -0.39 is 5.54 Å². The second-order valence-electron chi connectivity index (χ2n) is 6.95. The summed E-state index contributed by atoms with van der Waals surface area (Å²) in [7, 11) is 0. The van der Waals surface area contributed by atoms with Crippen LogP contribution in [0.15, 0.2) is 59.6 Å². The number of hydrogen-bond donors (Lipinski definition) is 1. The smallest absolute Gasteiger partial charge is 0.253 e. The molecule has 4 nitrogen and oxygen atoms in total. The molecule has 0 radical (unpaired) electrons. The largest absolute Gasteiger partial charge is 0.371 e. The third kappa shape index (κ3) is 2.21. The first-order valence-electron chi connectivity index (χ1n) is 8.74. The SMILES string of the molecule is O=C1N(c2ccc(C3=CCN=C3)cc2)CCC12Cc1ccccc1N2. The van der Waals surface area contributed by atoms with Crippen molar-refractivity contribution in [2.45, 2.75) is 18.4 Å². The number of para-hydroxylation sites is 1. The first-order valence-corrected chi connectivity index (χ1v) is 8.74. The molecule has 0 bridgehead atoms. The Morgan fingerprint density at radius 3 is 2.68 bits per heavy atom. The number of rotatable bonds is 2. The summed E-state index contributed by atoms with van der Waals surface area (Å²) in [5.41, 5.74) is 5.14. The van der Waals surface area contributed by atoms with E-state index in [4.69, 9.17) is 0 Å². The molecule has 1 amide bonds. The van der Waals surface area contributed by atoms with Gasteiger partial charge in [-0.1, -0.05) is 36.4 Å². The Hall–Kier alpha value is -2.88. The Morgan fingerprint density at radius 1 is 1.08 bits per heavy atom. The average molecular weight is 329 g/mol. The lowest BCUT2D eigenvalue weighted by atomic mass is 9.93. The number of amides is 1. The number of nitrogens with zero attached hydrogens (tertiary/aromatic N) is 2. The van der Waals surface area contributed by atoms with Crippen molar-refractivity contribution in [3.05, 3.63) is 65.7 Å². The normalized spacial score (nSPS) is 23.9. The van der Waals surface area contributed by atoms with Gasteiger partial charge in [-0.05, 0) is 41.3 Å². The fraction of sp³-hybridized carbons (Fsp3) is 0.238. The fourth-order valence-corrected chi connectivity index (χ4v) is 4.10. The summed E-state index contributed by atoms with van der Waals surface area (Å²) < 4.78 is 0. The maximum Gasteiger partial charge on any atom is 0.253 e. The van der Waals surface area contributed by atoms with Crippen LogP contribution in [0.5, 0.6) is 0 Å². The summed E-state index contributed by atoms with van der Waals surface area (Å²) in [5, 5.41) is 3.50. The highest BCUT2D eigenvalue weighted by atomic mass is 16.2. The number of benzene rings is 2. The number of anilines is 2. The highest BCUT2D eigenvalue weighted by Gasteiger charge is 2.50. The third-order valence-corrected chi connectivity index (χ3v) is 5.46. The van der Waals surface area contributed by atoms with E-state index >= 15 is 0 Å². The van der Waals surface area contributed by atoms with Gasteiger partial charge in [0.05, 0.1) is 6.54 Å². The molecule has 3 aliphatic rings. The summed E-state index contributed by atoms with van der Waals surface area (Å²) in [6.07, 6.45) is 5.63. The third-order valence-electron chi connectivity index (χ3n) is 5.46. The van der Waals surface area contributed by atoms with E-state index in [9.17, 15) is 4.79 Å². The topological polar surface area (TPSA) is 44.7 Å². The summed E-state index contributed by atoms with van der Waals surface area (Å²) in [6.45, 7) is 1.51. The molecule has 1 spiro atoms. The van der Waals surface area contributed by atoms with Crippen LogP contribution in [0.3, 0.4) is 0 Å². The molecule has 1 fully saturated rings. The fourth-order valence-electron chi connectivity index (χ4n) is 4.10. The van der Waals surface area contributed by atoms with E-state index in [0.29, 0.717) is 0 Å². The van der Waals surface area contributed by atoms with E-state index in [1.807, 2.05) is 35.4 Å². The monoisotopic (exact) mass is 329 g/mol. The van der Waals surface area contributed by atoms with Crippen LogP contribution in [0.1, 0.15) is 17.5 Å². The molecule has 2 aromatic carbocycles. The minimum atomic E-state index is -0.469. The van der Waals surface area contributed by atoms with Gasteiger partial charge in [0.1, 0.15) is 5.54 Å². The van der Waals surface area contributed by atoms with Crippen LogP contribution in [-0.4, -0.2) is 30.8 Å². The minimum absolute atomic E-state index is 0.179. The van der Waals surface area contributed by atoms with Crippen LogP contribution in [-0.2, 0) is 11.2 Å². The van der Waals surface area contributed by atoms with Crippen molar-refractivity contribution >= 4 is 29.1 Å². The molecule has 2 aromatic rings. The van der Waals surface area contributed by atoms with Gasteiger partial charge in [0.2, 0.25) is 0 Å². The van der Waals surface area contributed by atoms with Gasteiger partial charge >= 0.3 is 0 Å². The standard InChI is InChI=1S/C21H19N3O/c25-20-21(13-16-3-1-2-4-19(16)23-21)10-12-24(20)18-7-5-15(6-8-18)17-9-11-22-14-17/h1-9,14,23H,10-13H2. The number of nitrogens with one attached hydrogen (secondary N) is 1. The number of carbonyl (C=O) groups is 1. The van der Waals surface area contributed by atoms with E-state index in [0.717, 1.165) is 48.4 Å². The minimum Gasteiger partial charge on any atom is -0.371 e. The Kier molecular flexibility index (Phi) is 3.07. The Morgan fingerprint density at radius 2 is 1.92 bits per heavy atom. The molecule has 25 heavy (non-hydrogen) atoms. The van der Waals surface area contributed by atoms with Crippen LogP contribution in [0.25, 0.3) is 5.57 Å². The zero-order chi connectivity index (χ0) is 16.9.